The van der Waals surface area contributed by atoms with Crippen molar-refractivity contribution < 1.29 is 4.39 Å². The first-order chi connectivity index (χ1) is 17.4. The van der Waals surface area contributed by atoms with Crippen molar-refractivity contribution in [1.82, 2.24) is 10.3 Å². The summed E-state index contributed by atoms with van der Waals surface area (Å²) in [6, 6.07) is 13.5. The molecule has 36 heavy (non-hydrogen) atoms. The lowest BCUT2D eigenvalue weighted by Crippen LogP contribution is -2.29. The summed E-state index contributed by atoms with van der Waals surface area (Å²) in [4.78, 5) is 7.98. The molecule has 3 aromatic rings. The van der Waals surface area contributed by atoms with Crippen molar-refractivity contribution in [3.63, 3.8) is 0 Å². The molecule has 1 aliphatic rings. The summed E-state index contributed by atoms with van der Waals surface area (Å²) in [5.74, 6) is -0.174. The van der Waals surface area contributed by atoms with E-state index in [1.54, 1.807) is 6.07 Å². The van der Waals surface area contributed by atoms with Crippen LogP contribution in [-0.2, 0) is 12.8 Å². The third-order valence-electron chi connectivity index (χ3n) is 7.02. The fourth-order valence-corrected chi connectivity index (χ4v) is 4.94. The summed E-state index contributed by atoms with van der Waals surface area (Å²) >= 11 is 0. The number of hydrogen-bond acceptors (Lipinski definition) is 3. The SMILES string of the molecule is CCc1ccc(-c2c[nH]c(/C(NC3CCCC3)=C(C=N)/C(N)=N/c3cc(F)ccc3CC)c2)c(C)c1. The molecule has 0 bridgehead atoms. The summed E-state index contributed by atoms with van der Waals surface area (Å²) < 4.78 is 14.0. The van der Waals surface area contributed by atoms with Crippen molar-refractivity contribution in [2.45, 2.75) is 65.3 Å². The Labute approximate surface area is 213 Å². The number of aryl methyl sites for hydroxylation is 3. The maximum Gasteiger partial charge on any atom is 0.135 e. The number of rotatable bonds is 9. The monoisotopic (exact) mass is 485 g/mol. The van der Waals surface area contributed by atoms with Crippen LogP contribution in [0.15, 0.2) is 59.2 Å². The molecule has 1 aromatic heterocycles. The number of benzene rings is 2. The summed E-state index contributed by atoms with van der Waals surface area (Å²) in [7, 11) is 0. The van der Waals surface area contributed by atoms with Crippen molar-refractivity contribution in [3.05, 3.63) is 82.4 Å². The van der Waals surface area contributed by atoms with Crippen LogP contribution in [0.3, 0.4) is 0 Å². The molecule has 0 unspecified atom stereocenters. The maximum absolute atomic E-state index is 14.0. The lowest BCUT2D eigenvalue weighted by molar-refractivity contribution is 0.617. The highest BCUT2D eigenvalue weighted by Crippen LogP contribution is 2.30. The van der Waals surface area contributed by atoms with Crippen LogP contribution < -0.4 is 11.1 Å². The third kappa shape index (κ3) is 5.59. The molecule has 1 saturated carbocycles. The highest BCUT2D eigenvalue weighted by Gasteiger charge is 2.21. The number of nitrogens with two attached hydrogens (primary N) is 1. The molecule has 0 aliphatic heterocycles. The lowest BCUT2D eigenvalue weighted by atomic mass is 9.99. The van der Waals surface area contributed by atoms with Crippen LogP contribution in [-0.4, -0.2) is 23.1 Å². The molecule has 5 N–H and O–H groups in total. The molecule has 4 rings (SSSR count). The van der Waals surface area contributed by atoms with Crippen molar-refractivity contribution in [1.29, 1.82) is 5.41 Å². The molecule has 0 spiro atoms. The summed E-state index contributed by atoms with van der Waals surface area (Å²) in [6.45, 7) is 6.29. The highest BCUT2D eigenvalue weighted by molar-refractivity contribution is 6.19. The lowest BCUT2D eigenvalue weighted by Gasteiger charge is -2.19. The standard InChI is InChI=1S/C30H36FN5/c1-4-20-10-13-25(19(3)14-20)22-15-28(34-18-22)29(35-24-8-6-7-9-24)26(17-32)30(33)36-27-16-23(31)12-11-21(27)5-2/h10-18,24,32,34-35H,4-9H2,1-3H3,(H2,33,36)/b29-26-,32-17?. The molecule has 0 amide bonds. The number of hydrogen-bond donors (Lipinski definition) is 4. The quantitative estimate of drug-likeness (QED) is 0.197. The van der Waals surface area contributed by atoms with Gasteiger partial charge in [0.2, 0.25) is 0 Å². The van der Waals surface area contributed by atoms with Gasteiger partial charge in [0.05, 0.1) is 22.7 Å². The molecule has 1 heterocycles. The van der Waals surface area contributed by atoms with E-state index in [4.69, 9.17) is 11.1 Å². The molecule has 188 valence electrons. The van der Waals surface area contributed by atoms with Gasteiger partial charge in [-0.3, -0.25) is 0 Å². The minimum atomic E-state index is -0.359. The largest absolute Gasteiger partial charge is 0.383 e. The molecule has 5 nitrogen and oxygen atoms in total. The average Bonchev–Trinajstić information content (AvgIpc) is 3.56. The van der Waals surface area contributed by atoms with E-state index in [0.29, 0.717) is 23.7 Å². The first kappa shape index (κ1) is 25.4. The van der Waals surface area contributed by atoms with Crippen LogP contribution in [0.2, 0.25) is 0 Å². The smallest absolute Gasteiger partial charge is 0.135 e. The zero-order valence-corrected chi connectivity index (χ0v) is 21.4. The van der Waals surface area contributed by atoms with Crippen LogP contribution in [0, 0.1) is 18.2 Å². The number of nitrogens with one attached hydrogen (secondary N) is 3. The van der Waals surface area contributed by atoms with Crippen LogP contribution in [0.5, 0.6) is 0 Å². The minimum Gasteiger partial charge on any atom is -0.383 e. The molecule has 0 atom stereocenters. The van der Waals surface area contributed by atoms with Gasteiger partial charge < -0.3 is 21.4 Å². The van der Waals surface area contributed by atoms with E-state index in [9.17, 15) is 4.39 Å². The Hall–Kier alpha value is -3.67. The number of aromatic amines is 1. The Morgan fingerprint density at radius 3 is 2.58 bits per heavy atom. The maximum atomic E-state index is 14.0. The molecule has 6 heteroatoms. The fourth-order valence-electron chi connectivity index (χ4n) is 4.94. The molecule has 1 fully saturated rings. The van der Waals surface area contributed by atoms with Crippen molar-refractivity contribution >= 4 is 23.4 Å². The molecule has 0 radical (unpaired) electrons. The van der Waals surface area contributed by atoms with Crippen LogP contribution in [0.4, 0.5) is 10.1 Å². The van der Waals surface area contributed by atoms with Gasteiger partial charge in [-0.1, -0.05) is 51.0 Å². The summed E-state index contributed by atoms with van der Waals surface area (Å²) in [6.07, 6.45) is 9.44. The predicted octanol–water partition coefficient (Wildman–Crippen LogP) is 6.84. The minimum absolute atomic E-state index is 0.186. The Kier molecular flexibility index (Phi) is 8.04. The first-order valence-corrected chi connectivity index (χ1v) is 12.9. The van der Waals surface area contributed by atoms with Crippen molar-refractivity contribution in [2.24, 2.45) is 10.7 Å². The number of aromatic nitrogens is 1. The van der Waals surface area contributed by atoms with Gasteiger partial charge in [-0.2, -0.15) is 0 Å². The normalized spacial score (nSPS) is 15.2. The molecular formula is C30H36FN5. The zero-order valence-electron chi connectivity index (χ0n) is 21.4. The number of aliphatic imine (C=N–C) groups is 1. The molecule has 0 saturated heterocycles. The van der Waals surface area contributed by atoms with E-state index in [1.165, 1.54) is 47.9 Å². The predicted molar refractivity (Wildman–Crippen MR) is 148 cm³/mol. The van der Waals surface area contributed by atoms with Gasteiger partial charge >= 0.3 is 0 Å². The van der Waals surface area contributed by atoms with E-state index < -0.39 is 0 Å². The second-order valence-corrected chi connectivity index (χ2v) is 9.49. The van der Waals surface area contributed by atoms with Gasteiger partial charge in [0, 0.05) is 24.0 Å². The van der Waals surface area contributed by atoms with Gasteiger partial charge in [0.25, 0.3) is 0 Å². The van der Waals surface area contributed by atoms with Gasteiger partial charge in [-0.15, -0.1) is 0 Å². The summed E-state index contributed by atoms with van der Waals surface area (Å²) in [5.41, 5.74) is 14.8. The van der Waals surface area contributed by atoms with Crippen molar-refractivity contribution in [3.8, 4) is 11.1 Å². The molecular weight excluding hydrogens is 449 g/mol. The number of halogens is 1. The Morgan fingerprint density at radius 1 is 1.14 bits per heavy atom. The van der Waals surface area contributed by atoms with E-state index in [0.717, 1.165) is 41.8 Å². The van der Waals surface area contributed by atoms with E-state index in [-0.39, 0.29) is 11.7 Å². The summed E-state index contributed by atoms with van der Waals surface area (Å²) in [5, 5.41) is 11.9. The van der Waals surface area contributed by atoms with E-state index in [2.05, 4.69) is 53.4 Å². The van der Waals surface area contributed by atoms with Crippen LogP contribution >= 0.6 is 0 Å². The highest BCUT2D eigenvalue weighted by atomic mass is 19.1. The van der Waals surface area contributed by atoms with Gasteiger partial charge in [-0.05, 0) is 73.1 Å². The topological polar surface area (TPSA) is 90.0 Å². The second kappa shape index (κ2) is 11.4. The fraction of sp³-hybridized carbons (Fsp3) is 0.333. The van der Waals surface area contributed by atoms with E-state index in [1.807, 2.05) is 13.1 Å². The number of amidine groups is 1. The van der Waals surface area contributed by atoms with Crippen LogP contribution in [0.25, 0.3) is 16.8 Å². The van der Waals surface area contributed by atoms with Crippen LogP contribution in [0.1, 0.15) is 61.9 Å². The van der Waals surface area contributed by atoms with Gasteiger partial charge in [0.15, 0.2) is 0 Å². The first-order valence-electron chi connectivity index (χ1n) is 12.9. The Balaban J connectivity index is 1.79. The number of nitrogens with zero attached hydrogens (tertiary/aromatic N) is 1. The Morgan fingerprint density at radius 2 is 1.92 bits per heavy atom. The zero-order chi connectivity index (χ0) is 25.7. The molecule has 1 aliphatic carbocycles. The Bertz CT molecular complexity index is 1290. The second-order valence-electron chi connectivity index (χ2n) is 9.49. The third-order valence-corrected chi connectivity index (χ3v) is 7.02. The average molecular weight is 486 g/mol. The van der Waals surface area contributed by atoms with Gasteiger partial charge in [-0.25, -0.2) is 9.38 Å². The van der Waals surface area contributed by atoms with E-state index >= 15 is 0 Å². The molecule has 2 aromatic carbocycles. The van der Waals surface area contributed by atoms with Crippen molar-refractivity contribution in [2.75, 3.05) is 0 Å². The number of H-pyrrole nitrogens is 1. The van der Waals surface area contributed by atoms with Gasteiger partial charge in [0.1, 0.15) is 11.7 Å².